The van der Waals surface area contributed by atoms with E-state index >= 15 is 0 Å². The van der Waals surface area contributed by atoms with Crippen LogP contribution in [0.25, 0.3) is 0 Å². The van der Waals surface area contributed by atoms with Gasteiger partial charge in [0.15, 0.2) is 0 Å². The van der Waals surface area contributed by atoms with E-state index in [1.165, 1.54) is 0 Å². The van der Waals surface area contributed by atoms with Gasteiger partial charge in [0, 0.05) is 31.9 Å². The summed E-state index contributed by atoms with van der Waals surface area (Å²) in [4.78, 5) is 17.3. The lowest BCUT2D eigenvalue weighted by Crippen LogP contribution is -2.51. The molecule has 0 radical (unpaired) electrons. The van der Waals surface area contributed by atoms with E-state index < -0.39 is 0 Å². The average Bonchev–Trinajstić information content (AvgIpc) is 3.01. The smallest absolute Gasteiger partial charge is 0.256 e. The van der Waals surface area contributed by atoms with Gasteiger partial charge in [0.25, 0.3) is 5.91 Å². The summed E-state index contributed by atoms with van der Waals surface area (Å²) in [6.45, 7) is 3.70. The number of aromatic nitrogens is 2. The fraction of sp³-hybridized carbons (Fsp3) is 0.474. The van der Waals surface area contributed by atoms with E-state index in [1.54, 1.807) is 16.9 Å². The summed E-state index contributed by atoms with van der Waals surface area (Å²) in [6, 6.07) is 5.33. The first-order chi connectivity index (χ1) is 12.4. The van der Waals surface area contributed by atoms with Crippen molar-refractivity contribution in [2.45, 2.75) is 19.1 Å². The van der Waals surface area contributed by atoms with Gasteiger partial charge in [-0.3, -0.25) is 9.48 Å². The third-order valence-corrected chi connectivity index (χ3v) is 4.91. The predicted octanol–water partition coefficient (Wildman–Crippen LogP) is 2.53. The highest BCUT2D eigenvalue weighted by atomic mass is 35.5. The number of morpholine rings is 1. The number of rotatable bonds is 4. The van der Waals surface area contributed by atoms with Crippen molar-refractivity contribution >= 4 is 17.5 Å². The molecule has 1 amide bonds. The summed E-state index contributed by atoms with van der Waals surface area (Å²) in [6.07, 6.45) is 3.62. The highest BCUT2D eigenvalue weighted by molar-refractivity contribution is 6.33. The number of benzene rings is 1. The largest absolute Gasteiger partial charge is 0.373 e. The second kappa shape index (κ2) is 7.78. The second-order valence-electron chi connectivity index (χ2n) is 7.05. The molecule has 1 saturated heterocycles. The third-order valence-electron chi connectivity index (χ3n) is 4.58. The fourth-order valence-corrected chi connectivity index (χ4v) is 3.62. The van der Waals surface area contributed by atoms with Gasteiger partial charge in [0.2, 0.25) is 0 Å². The van der Waals surface area contributed by atoms with Gasteiger partial charge < -0.3 is 14.5 Å². The number of hydrogen-bond acceptors (Lipinski definition) is 4. The molecule has 0 spiro atoms. The topological polar surface area (TPSA) is 50.6 Å². The molecule has 26 heavy (non-hydrogen) atoms. The minimum absolute atomic E-state index is 0.0698. The molecule has 1 aromatic carbocycles. The molecule has 7 heteroatoms. The molecule has 6 nitrogen and oxygen atoms in total. The number of nitrogens with zero attached hydrogens (tertiary/aromatic N) is 4. The number of halogens is 1. The van der Waals surface area contributed by atoms with E-state index in [-0.39, 0.29) is 18.1 Å². The fourth-order valence-electron chi connectivity index (χ4n) is 3.42. The highest BCUT2D eigenvalue weighted by Crippen LogP contribution is 2.32. The Morgan fingerprint density at radius 1 is 1.42 bits per heavy atom. The van der Waals surface area contributed by atoms with Crippen LogP contribution in [0, 0.1) is 6.92 Å². The molecule has 2 aromatic rings. The molecule has 140 valence electrons. The Morgan fingerprint density at radius 2 is 2.19 bits per heavy atom. The number of likely N-dealkylation sites (N-methyl/N-ethyl adjacent to an activating group) is 1. The van der Waals surface area contributed by atoms with E-state index in [9.17, 15) is 4.79 Å². The monoisotopic (exact) mass is 376 g/mol. The maximum atomic E-state index is 13.3. The van der Waals surface area contributed by atoms with Crippen molar-refractivity contribution in [3.05, 3.63) is 52.3 Å². The van der Waals surface area contributed by atoms with E-state index in [0.717, 1.165) is 11.1 Å². The van der Waals surface area contributed by atoms with Crippen LogP contribution >= 0.6 is 11.6 Å². The second-order valence-corrected chi connectivity index (χ2v) is 7.45. The van der Waals surface area contributed by atoms with Crippen molar-refractivity contribution in [3.63, 3.8) is 0 Å². The molecular formula is C19H25ClN4O2. The Kier molecular flexibility index (Phi) is 5.65. The van der Waals surface area contributed by atoms with Crippen molar-refractivity contribution in [1.82, 2.24) is 19.6 Å². The zero-order valence-electron chi connectivity index (χ0n) is 15.6. The predicted molar refractivity (Wildman–Crippen MR) is 101 cm³/mol. The van der Waals surface area contributed by atoms with Crippen LogP contribution in [-0.2, 0) is 11.8 Å². The normalized spacial score (nSPS) is 20.6. The molecule has 3 rings (SSSR count). The van der Waals surface area contributed by atoms with Crippen LogP contribution in [0.15, 0.2) is 30.6 Å². The standard InChI is InChI=1S/C19H25ClN4O2/c1-13-5-6-16(20)15(9-13)19(25)24-7-8-26-17(12-22(2)3)18(24)14-10-21-23(4)11-14/h5-6,9-11,17-18H,7-8,12H2,1-4H3/t17-,18-/m0/s1. The van der Waals surface area contributed by atoms with Crippen molar-refractivity contribution in [3.8, 4) is 0 Å². The van der Waals surface area contributed by atoms with Gasteiger partial charge in [-0.25, -0.2) is 0 Å². The van der Waals surface area contributed by atoms with Gasteiger partial charge in [0.05, 0.1) is 35.5 Å². The molecule has 0 unspecified atom stereocenters. The third kappa shape index (κ3) is 3.92. The van der Waals surface area contributed by atoms with Gasteiger partial charge in [-0.1, -0.05) is 23.2 Å². The van der Waals surface area contributed by atoms with Crippen molar-refractivity contribution in [2.75, 3.05) is 33.8 Å². The molecule has 1 aromatic heterocycles. The molecule has 1 aliphatic heterocycles. The molecule has 1 fully saturated rings. The summed E-state index contributed by atoms with van der Waals surface area (Å²) in [5.41, 5.74) is 2.51. The van der Waals surface area contributed by atoms with Crippen LogP contribution in [0.4, 0.5) is 0 Å². The molecule has 1 aliphatic rings. The Bertz CT molecular complexity index is 790. The first-order valence-corrected chi connectivity index (χ1v) is 9.06. The summed E-state index contributed by atoms with van der Waals surface area (Å²) in [5, 5.41) is 4.76. The van der Waals surface area contributed by atoms with E-state index in [2.05, 4.69) is 10.00 Å². The number of carbonyl (C=O) groups is 1. The molecule has 0 N–H and O–H groups in total. The van der Waals surface area contributed by atoms with Crippen LogP contribution in [0.3, 0.4) is 0 Å². The van der Waals surface area contributed by atoms with Crippen molar-refractivity contribution in [2.24, 2.45) is 7.05 Å². The van der Waals surface area contributed by atoms with E-state index in [1.807, 2.05) is 51.3 Å². The van der Waals surface area contributed by atoms with Gasteiger partial charge in [0.1, 0.15) is 0 Å². The first kappa shape index (κ1) is 18.9. The number of carbonyl (C=O) groups excluding carboxylic acids is 1. The van der Waals surface area contributed by atoms with Crippen LogP contribution in [0.5, 0.6) is 0 Å². The highest BCUT2D eigenvalue weighted by Gasteiger charge is 2.38. The Hall–Kier alpha value is -1.89. The Balaban J connectivity index is 1.99. The zero-order chi connectivity index (χ0) is 18.8. The molecular weight excluding hydrogens is 352 g/mol. The summed E-state index contributed by atoms with van der Waals surface area (Å²) >= 11 is 6.33. The molecule has 2 heterocycles. The van der Waals surface area contributed by atoms with Gasteiger partial charge in [-0.05, 0) is 33.2 Å². The van der Waals surface area contributed by atoms with Gasteiger partial charge >= 0.3 is 0 Å². The molecule has 0 saturated carbocycles. The van der Waals surface area contributed by atoms with Crippen LogP contribution in [0.2, 0.25) is 5.02 Å². The minimum Gasteiger partial charge on any atom is -0.373 e. The van der Waals surface area contributed by atoms with E-state index in [0.29, 0.717) is 30.3 Å². The average molecular weight is 377 g/mol. The number of ether oxygens (including phenoxy) is 1. The summed E-state index contributed by atoms with van der Waals surface area (Å²) in [7, 11) is 5.88. The van der Waals surface area contributed by atoms with Crippen molar-refractivity contribution < 1.29 is 9.53 Å². The maximum Gasteiger partial charge on any atom is 0.256 e. The van der Waals surface area contributed by atoms with Gasteiger partial charge in [-0.15, -0.1) is 0 Å². The first-order valence-electron chi connectivity index (χ1n) is 8.69. The Labute approximate surface area is 159 Å². The number of aryl methyl sites for hydroxylation is 2. The molecule has 0 bridgehead atoms. The van der Waals surface area contributed by atoms with Gasteiger partial charge in [-0.2, -0.15) is 5.10 Å². The lowest BCUT2D eigenvalue weighted by Gasteiger charge is -2.42. The zero-order valence-corrected chi connectivity index (χ0v) is 16.4. The lowest BCUT2D eigenvalue weighted by atomic mass is 9.99. The lowest BCUT2D eigenvalue weighted by molar-refractivity contribution is -0.0684. The van der Waals surface area contributed by atoms with E-state index in [4.69, 9.17) is 16.3 Å². The molecule has 2 atom stereocenters. The number of amides is 1. The quantitative estimate of drug-likeness (QED) is 0.822. The van der Waals surface area contributed by atoms with Crippen LogP contribution in [-0.4, -0.2) is 65.4 Å². The SMILES string of the molecule is Cc1ccc(Cl)c(C(=O)N2CCO[C@@H](CN(C)C)[C@@H]2c2cnn(C)c2)c1. The minimum atomic E-state index is -0.205. The van der Waals surface area contributed by atoms with Crippen LogP contribution in [0.1, 0.15) is 27.5 Å². The Morgan fingerprint density at radius 3 is 2.85 bits per heavy atom. The summed E-state index contributed by atoms with van der Waals surface area (Å²) < 4.78 is 7.78. The number of hydrogen-bond donors (Lipinski definition) is 0. The maximum absolute atomic E-state index is 13.3. The summed E-state index contributed by atoms with van der Waals surface area (Å²) in [5.74, 6) is -0.0698. The molecule has 0 aliphatic carbocycles. The van der Waals surface area contributed by atoms with Crippen LogP contribution < -0.4 is 0 Å². The van der Waals surface area contributed by atoms with Crippen molar-refractivity contribution in [1.29, 1.82) is 0 Å².